The van der Waals surface area contributed by atoms with E-state index in [0.717, 1.165) is 55.6 Å². The van der Waals surface area contributed by atoms with Crippen LogP contribution >= 0.6 is 23.2 Å². The number of hydrogen-bond donors (Lipinski definition) is 0. The molecule has 7 heteroatoms. The maximum atomic E-state index is 6.27. The normalized spacial score (nSPS) is 15.3. The van der Waals surface area contributed by atoms with E-state index in [1.807, 2.05) is 18.2 Å². The van der Waals surface area contributed by atoms with Gasteiger partial charge < -0.3 is 14.4 Å². The van der Waals surface area contributed by atoms with E-state index in [2.05, 4.69) is 14.8 Å². The first-order valence-electron chi connectivity index (χ1n) is 8.10. The van der Waals surface area contributed by atoms with Crippen LogP contribution in [-0.2, 0) is 6.54 Å². The standard InChI is InChI=1S/C18H21Cl2N3O2/c1-24-15-3-4-17(25-2)13(9-15)12-22-5-7-23(8-6-22)18-16(20)10-14(19)11-21-18/h3-4,9-11H,5-8,12H2,1-2H3. The fourth-order valence-electron chi connectivity index (χ4n) is 3.00. The van der Waals surface area contributed by atoms with Crippen LogP contribution in [0.4, 0.5) is 5.82 Å². The summed E-state index contributed by atoms with van der Waals surface area (Å²) in [6, 6.07) is 7.62. The second kappa shape index (κ2) is 8.13. The Bertz CT molecular complexity index is 734. The highest BCUT2D eigenvalue weighted by molar-refractivity contribution is 6.36. The Hall–Kier alpha value is -1.69. The number of nitrogens with zero attached hydrogens (tertiary/aromatic N) is 3. The predicted molar refractivity (Wildman–Crippen MR) is 101 cm³/mol. The maximum absolute atomic E-state index is 6.27. The van der Waals surface area contributed by atoms with Crippen molar-refractivity contribution in [3.8, 4) is 11.5 Å². The van der Waals surface area contributed by atoms with Crippen LogP contribution in [0.15, 0.2) is 30.5 Å². The minimum Gasteiger partial charge on any atom is -0.497 e. The van der Waals surface area contributed by atoms with E-state index >= 15 is 0 Å². The molecule has 0 spiro atoms. The average molecular weight is 382 g/mol. The molecule has 0 unspecified atom stereocenters. The predicted octanol–water partition coefficient (Wildman–Crippen LogP) is 3.73. The Balaban J connectivity index is 1.65. The highest BCUT2D eigenvalue weighted by Crippen LogP contribution is 2.28. The van der Waals surface area contributed by atoms with Gasteiger partial charge in [0, 0.05) is 44.5 Å². The van der Waals surface area contributed by atoms with E-state index in [0.29, 0.717) is 10.0 Å². The summed E-state index contributed by atoms with van der Waals surface area (Å²) in [7, 11) is 3.37. The minimum atomic E-state index is 0.553. The number of aromatic nitrogens is 1. The number of benzene rings is 1. The molecule has 2 aromatic rings. The van der Waals surface area contributed by atoms with E-state index < -0.39 is 0 Å². The van der Waals surface area contributed by atoms with E-state index in [1.165, 1.54) is 0 Å². The molecule has 2 heterocycles. The lowest BCUT2D eigenvalue weighted by molar-refractivity contribution is 0.245. The van der Waals surface area contributed by atoms with Crippen molar-refractivity contribution in [2.45, 2.75) is 6.54 Å². The molecule has 1 aromatic carbocycles. The number of halogens is 2. The SMILES string of the molecule is COc1ccc(OC)c(CN2CCN(c3ncc(Cl)cc3Cl)CC2)c1. The van der Waals surface area contributed by atoms with Crippen LogP contribution in [0.25, 0.3) is 0 Å². The Morgan fingerprint density at radius 2 is 1.80 bits per heavy atom. The maximum Gasteiger partial charge on any atom is 0.147 e. The molecule has 0 amide bonds. The lowest BCUT2D eigenvalue weighted by atomic mass is 10.1. The summed E-state index contributed by atoms with van der Waals surface area (Å²) in [6.07, 6.45) is 1.64. The lowest BCUT2D eigenvalue weighted by Gasteiger charge is -2.36. The minimum absolute atomic E-state index is 0.553. The molecule has 25 heavy (non-hydrogen) atoms. The quantitative estimate of drug-likeness (QED) is 0.788. The van der Waals surface area contributed by atoms with Gasteiger partial charge in [-0.15, -0.1) is 0 Å². The zero-order valence-corrected chi connectivity index (χ0v) is 15.8. The number of pyridine rings is 1. The molecular weight excluding hydrogens is 361 g/mol. The van der Waals surface area contributed by atoms with Crippen molar-refractivity contribution in [2.75, 3.05) is 45.3 Å². The van der Waals surface area contributed by atoms with Gasteiger partial charge in [-0.1, -0.05) is 23.2 Å². The molecular formula is C18H21Cl2N3O2. The molecule has 1 aromatic heterocycles. The average Bonchev–Trinajstić information content (AvgIpc) is 2.62. The summed E-state index contributed by atoms with van der Waals surface area (Å²) in [6.45, 7) is 4.37. The van der Waals surface area contributed by atoms with Gasteiger partial charge in [0.1, 0.15) is 17.3 Å². The highest BCUT2D eigenvalue weighted by atomic mass is 35.5. The summed E-state index contributed by atoms with van der Waals surface area (Å²) < 4.78 is 10.8. The van der Waals surface area contributed by atoms with Gasteiger partial charge in [-0.3, -0.25) is 4.90 Å². The Morgan fingerprint density at radius 1 is 1.04 bits per heavy atom. The molecule has 0 aliphatic carbocycles. The van der Waals surface area contributed by atoms with Crippen LogP contribution in [0.3, 0.4) is 0 Å². The number of methoxy groups -OCH3 is 2. The molecule has 1 aliphatic heterocycles. The molecule has 5 nitrogen and oxygen atoms in total. The third-order valence-electron chi connectivity index (χ3n) is 4.34. The van der Waals surface area contributed by atoms with Gasteiger partial charge in [0.25, 0.3) is 0 Å². The Morgan fingerprint density at radius 3 is 2.44 bits per heavy atom. The number of ether oxygens (including phenoxy) is 2. The molecule has 134 valence electrons. The highest BCUT2D eigenvalue weighted by Gasteiger charge is 2.21. The molecule has 0 saturated carbocycles. The van der Waals surface area contributed by atoms with Crippen LogP contribution in [0.2, 0.25) is 10.0 Å². The van der Waals surface area contributed by atoms with Crippen molar-refractivity contribution >= 4 is 29.0 Å². The molecule has 1 saturated heterocycles. The fraction of sp³-hybridized carbons (Fsp3) is 0.389. The van der Waals surface area contributed by atoms with Crippen molar-refractivity contribution in [1.29, 1.82) is 0 Å². The van der Waals surface area contributed by atoms with Crippen LogP contribution in [0.1, 0.15) is 5.56 Å². The molecule has 1 aliphatic rings. The third kappa shape index (κ3) is 4.29. The first-order valence-corrected chi connectivity index (χ1v) is 8.85. The van der Waals surface area contributed by atoms with Crippen LogP contribution < -0.4 is 14.4 Å². The van der Waals surface area contributed by atoms with E-state index in [-0.39, 0.29) is 0 Å². The molecule has 3 rings (SSSR count). The number of hydrogen-bond acceptors (Lipinski definition) is 5. The van der Waals surface area contributed by atoms with Crippen molar-refractivity contribution in [3.63, 3.8) is 0 Å². The van der Waals surface area contributed by atoms with Crippen LogP contribution in [0.5, 0.6) is 11.5 Å². The first-order chi connectivity index (χ1) is 12.1. The molecule has 0 atom stereocenters. The number of rotatable bonds is 5. The topological polar surface area (TPSA) is 37.8 Å². The Labute approximate surface area is 158 Å². The summed E-state index contributed by atoms with van der Waals surface area (Å²) in [5, 5.41) is 1.15. The third-order valence-corrected chi connectivity index (χ3v) is 4.83. The van der Waals surface area contributed by atoms with Gasteiger partial charge >= 0.3 is 0 Å². The van der Waals surface area contributed by atoms with E-state index in [1.54, 1.807) is 26.5 Å². The van der Waals surface area contributed by atoms with Gasteiger partial charge in [0.15, 0.2) is 0 Å². The zero-order chi connectivity index (χ0) is 17.8. The van der Waals surface area contributed by atoms with Crippen molar-refractivity contribution in [2.24, 2.45) is 0 Å². The van der Waals surface area contributed by atoms with Crippen molar-refractivity contribution < 1.29 is 9.47 Å². The Kier molecular flexibility index (Phi) is 5.89. The van der Waals surface area contributed by atoms with E-state index in [9.17, 15) is 0 Å². The van der Waals surface area contributed by atoms with E-state index in [4.69, 9.17) is 32.7 Å². The summed E-state index contributed by atoms with van der Waals surface area (Å²) in [5.74, 6) is 2.52. The second-order valence-electron chi connectivity index (χ2n) is 5.90. The fourth-order valence-corrected chi connectivity index (χ4v) is 3.50. The number of anilines is 1. The monoisotopic (exact) mass is 381 g/mol. The van der Waals surface area contributed by atoms with Gasteiger partial charge in [-0.2, -0.15) is 0 Å². The first kappa shape index (κ1) is 18.1. The lowest BCUT2D eigenvalue weighted by Crippen LogP contribution is -2.46. The zero-order valence-electron chi connectivity index (χ0n) is 14.3. The molecule has 0 radical (unpaired) electrons. The van der Waals surface area contributed by atoms with Gasteiger partial charge in [-0.25, -0.2) is 4.98 Å². The molecule has 0 N–H and O–H groups in total. The smallest absolute Gasteiger partial charge is 0.147 e. The van der Waals surface area contributed by atoms with Gasteiger partial charge in [0.2, 0.25) is 0 Å². The second-order valence-corrected chi connectivity index (χ2v) is 6.74. The van der Waals surface area contributed by atoms with Gasteiger partial charge in [0.05, 0.1) is 24.3 Å². The number of piperazine rings is 1. The molecule has 0 bridgehead atoms. The van der Waals surface area contributed by atoms with Crippen LogP contribution in [-0.4, -0.2) is 50.3 Å². The largest absolute Gasteiger partial charge is 0.497 e. The van der Waals surface area contributed by atoms with Crippen LogP contribution in [0, 0.1) is 0 Å². The summed E-state index contributed by atoms with van der Waals surface area (Å²) in [5.41, 5.74) is 1.12. The summed E-state index contributed by atoms with van der Waals surface area (Å²) in [4.78, 5) is 8.95. The van der Waals surface area contributed by atoms with Gasteiger partial charge in [-0.05, 0) is 24.3 Å². The summed E-state index contributed by atoms with van der Waals surface area (Å²) >= 11 is 12.2. The van der Waals surface area contributed by atoms with Crippen molar-refractivity contribution in [1.82, 2.24) is 9.88 Å². The molecule has 1 fully saturated rings. The van der Waals surface area contributed by atoms with Crippen molar-refractivity contribution in [3.05, 3.63) is 46.1 Å².